The summed E-state index contributed by atoms with van der Waals surface area (Å²) in [7, 11) is 3.23. The highest BCUT2D eigenvalue weighted by Gasteiger charge is 2.26. The van der Waals surface area contributed by atoms with Crippen LogP contribution in [0.5, 0.6) is 11.5 Å². The molecule has 150 valence electrons. The fourth-order valence-electron chi connectivity index (χ4n) is 3.15. The van der Waals surface area contributed by atoms with Gasteiger partial charge in [0.15, 0.2) is 5.13 Å². The fraction of sp³-hybridized carbons (Fsp3) is 0.421. The lowest BCUT2D eigenvalue weighted by Crippen LogP contribution is -2.45. The van der Waals surface area contributed by atoms with Gasteiger partial charge in [0.25, 0.3) is 5.91 Å². The lowest BCUT2D eigenvalue weighted by atomic mass is 10.0. The Bertz CT molecular complexity index is 832. The molecule has 1 aliphatic heterocycles. The van der Waals surface area contributed by atoms with Crippen molar-refractivity contribution in [1.82, 2.24) is 9.88 Å². The number of amides is 2. The molecule has 2 N–H and O–H groups in total. The number of benzene rings is 1. The standard InChI is InChI=1S/C19H24N4O4S/c1-12(24)20-19-22-17(11-28-19)18(25)23-6-4-5-13(10-23)21-14-7-15(26-2)9-16(8-14)27-3/h7-9,11,13,21H,4-6,10H2,1-3H3,(H,20,22,24). The van der Waals surface area contributed by atoms with E-state index in [1.54, 1.807) is 24.5 Å². The quantitative estimate of drug-likeness (QED) is 0.769. The van der Waals surface area contributed by atoms with Gasteiger partial charge in [-0.2, -0.15) is 0 Å². The fourth-order valence-corrected chi connectivity index (χ4v) is 3.88. The van der Waals surface area contributed by atoms with Crippen LogP contribution in [-0.2, 0) is 4.79 Å². The Kier molecular flexibility index (Phi) is 6.35. The van der Waals surface area contributed by atoms with E-state index in [0.717, 1.165) is 18.5 Å². The number of hydrogen-bond donors (Lipinski definition) is 2. The normalized spacial score (nSPS) is 16.4. The highest BCUT2D eigenvalue weighted by Crippen LogP contribution is 2.27. The second-order valence-corrected chi connectivity index (χ2v) is 7.41. The van der Waals surface area contributed by atoms with Gasteiger partial charge in [-0.25, -0.2) is 4.98 Å². The highest BCUT2D eigenvalue weighted by molar-refractivity contribution is 7.14. The van der Waals surface area contributed by atoms with Gasteiger partial charge in [-0.1, -0.05) is 0 Å². The molecule has 9 heteroatoms. The molecule has 1 aromatic carbocycles. The van der Waals surface area contributed by atoms with E-state index in [1.807, 2.05) is 18.2 Å². The van der Waals surface area contributed by atoms with Crippen LogP contribution in [0.4, 0.5) is 10.8 Å². The van der Waals surface area contributed by atoms with E-state index in [9.17, 15) is 9.59 Å². The summed E-state index contributed by atoms with van der Waals surface area (Å²) in [6, 6.07) is 5.74. The molecule has 1 fully saturated rings. The van der Waals surface area contributed by atoms with Crippen LogP contribution in [0.15, 0.2) is 23.6 Å². The highest BCUT2D eigenvalue weighted by atomic mass is 32.1. The molecule has 2 amide bonds. The average Bonchev–Trinajstić information content (AvgIpc) is 3.15. The Balaban J connectivity index is 1.66. The molecule has 8 nitrogen and oxygen atoms in total. The SMILES string of the molecule is COc1cc(NC2CCCN(C(=O)c3csc(NC(C)=O)n3)C2)cc(OC)c1. The third-order valence-electron chi connectivity index (χ3n) is 4.44. The van der Waals surface area contributed by atoms with Crippen LogP contribution in [0.1, 0.15) is 30.3 Å². The largest absolute Gasteiger partial charge is 0.497 e. The van der Waals surface area contributed by atoms with E-state index in [2.05, 4.69) is 15.6 Å². The van der Waals surface area contributed by atoms with Gasteiger partial charge in [0.2, 0.25) is 5.91 Å². The zero-order valence-electron chi connectivity index (χ0n) is 16.2. The number of piperidine rings is 1. The van der Waals surface area contributed by atoms with E-state index in [4.69, 9.17) is 9.47 Å². The van der Waals surface area contributed by atoms with Crippen molar-refractivity contribution < 1.29 is 19.1 Å². The van der Waals surface area contributed by atoms with Crippen LogP contribution in [0, 0.1) is 0 Å². The lowest BCUT2D eigenvalue weighted by Gasteiger charge is -2.33. The summed E-state index contributed by atoms with van der Waals surface area (Å²) >= 11 is 1.25. The molecular weight excluding hydrogens is 380 g/mol. The molecule has 3 rings (SSSR count). The summed E-state index contributed by atoms with van der Waals surface area (Å²) in [5.41, 5.74) is 1.24. The molecule has 1 aromatic heterocycles. The Labute approximate surface area is 167 Å². The monoisotopic (exact) mass is 404 g/mol. The molecule has 28 heavy (non-hydrogen) atoms. The van der Waals surface area contributed by atoms with Crippen molar-refractivity contribution in [3.05, 3.63) is 29.3 Å². The summed E-state index contributed by atoms with van der Waals surface area (Å²) in [6.45, 7) is 2.67. The number of carbonyl (C=O) groups excluding carboxylic acids is 2. The number of rotatable bonds is 6. The maximum absolute atomic E-state index is 12.8. The van der Waals surface area contributed by atoms with E-state index in [1.165, 1.54) is 18.3 Å². The van der Waals surface area contributed by atoms with E-state index in [0.29, 0.717) is 35.4 Å². The number of aromatic nitrogens is 1. The predicted molar refractivity (Wildman–Crippen MR) is 109 cm³/mol. The van der Waals surface area contributed by atoms with Gasteiger partial charge in [-0.3, -0.25) is 9.59 Å². The van der Waals surface area contributed by atoms with Gasteiger partial charge in [0.1, 0.15) is 17.2 Å². The van der Waals surface area contributed by atoms with Crippen LogP contribution in [0.25, 0.3) is 0 Å². The Morgan fingerprint density at radius 3 is 2.57 bits per heavy atom. The van der Waals surface area contributed by atoms with Crippen LogP contribution < -0.4 is 20.1 Å². The molecule has 0 bridgehead atoms. The predicted octanol–water partition coefficient (Wildman–Crippen LogP) is 2.84. The molecule has 2 aromatic rings. The molecular formula is C19H24N4O4S. The number of carbonyl (C=O) groups is 2. The van der Waals surface area contributed by atoms with Gasteiger partial charge in [-0.05, 0) is 12.8 Å². The summed E-state index contributed by atoms with van der Waals surface area (Å²) in [5, 5.41) is 8.19. The van der Waals surface area contributed by atoms with Gasteiger partial charge < -0.3 is 25.0 Å². The minimum Gasteiger partial charge on any atom is -0.497 e. The third kappa shape index (κ3) is 4.92. The van der Waals surface area contributed by atoms with Crippen molar-refractivity contribution in [2.75, 3.05) is 37.9 Å². The van der Waals surface area contributed by atoms with Crippen molar-refractivity contribution in [3.8, 4) is 11.5 Å². The van der Waals surface area contributed by atoms with Gasteiger partial charge in [-0.15, -0.1) is 11.3 Å². The zero-order chi connectivity index (χ0) is 20.1. The number of thiazole rings is 1. The summed E-state index contributed by atoms with van der Waals surface area (Å²) in [4.78, 5) is 29.9. The summed E-state index contributed by atoms with van der Waals surface area (Å²) < 4.78 is 10.6. The molecule has 0 radical (unpaired) electrons. The second kappa shape index (κ2) is 8.92. The van der Waals surface area contributed by atoms with Crippen LogP contribution in [0.3, 0.4) is 0 Å². The topological polar surface area (TPSA) is 92.8 Å². The van der Waals surface area contributed by atoms with Crippen molar-refractivity contribution >= 4 is 34.0 Å². The Hall–Kier alpha value is -2.81. The average molecular weight is 404 g/mol. The molecule has 2 heterocycles. The number of methoxy groups -OCH3 is 2. The van der Waals surface area contributed by atoms with E-state index in [-0.39, 0.29) is 17.9 Å². The number of likely N-dealkylation sites (tertiary alicyclic amines) is 1. The molecule has 1 saturated heterocycles. The van der Waals surface area contributed by atoms with Crippen LogP contribution >= 0.6 is 11.3 Å². The summed E-state index contributed by atoms with van der Waals surface area (Å²) in [6.07, 6.45) is 1.85. The molecule has 1 unspecified atom stereocenters. The zero-order valence-corrected chi connectivity index (χ0v) is 17.0. The lowest BCUT2D eigenvalue weighted by molar-refractivity contribution is -0.114. The number of nitrogens with zero attached hydrogens (tertiary/aromatic N) is 2. The maximum Gasteiger partial charge on any atom is 0.273 e. The first kappa shape index (κ1) is 19.9. The number of nitrogens with one attached hydrogen (secondary N) is 2. The second-order valence-electron chi connectivity index (χ2n) is 6.56. The van der Waals surface area contributed by atoms with Crippen molar-refractivity contribution in [2.24, 2.45) is 0 Å². The first-order valence-electron chi connectivity index (χ1n) is 9.00. The molecule has 0 aliphatic carbocycles. The van der Waals surface area contributed by atoms with Crippen LogP contribution in [-0.4, -0.2) is 55.0 Å². The molecule has 0 saturated carbocycles. The van der Waals surface area contributed by atoms with Gasteiger partial charge in [0, 0.05) is 55.3 Å². The first-order valence-corrected chi connectivity index (χ1v) is 9.88. The van der Waals surface area contributed by atoms with E-state index >= 15 is 0 Å². The van der Waals surface area contributed by atoms with Crippen molar-refractivity contribution in [1.29, 1.82) is 0 Å². The number of ether oxygens (including phenoxy) is 2. The number of hydrogen-bond acceptors (Lipinski definition) is 7. The number of anilines is 2. The van der Waals surface area contributed by atoms with E-state index < -0.39 is 0 Å². The minimum atomic E-state index is -0.204. The summed E-state index contributed by atoms with van der Waals surface area (Å²) in [5.74, 6) is 1.09. The van der Waals surface area contributed by atoms with Gasteiger partial charge >= 0.3 is 0 Å². The third-order valence-corrected chi connectivity index (χ3v) is 5.19. The van der Waals surface area contributed by atoms with Crippen molar-refractivity contribution in [2.45, 2.75) is 25.8 Å². The molecule has 0 spiro atoms. The Morgan fingerprint density at radius 2 is 1.93 bits per heavy atom. The Morgan fingerprint density at radius 1 is 1.21 bits per heavy atom. The molecule has 1 aliphatic rings. The molecule has 1 atom stereocenters. The first-order chi connectivity index (χ1) is 13.5. The van der Waals surface area contributed by atoms with Gasteiger partial charge in [0.05, 0.1) is 14.2 Å². The van der Waals surface area contributed by atoms with Crippen molar-refractivity contribution in [3.63, 3.8) is 0 Å². The minimum absolute atomic E-state index is 0.114. The van der Waals surface area contributed by atoms with Crippen LogP contribution in [0.2, 0.25) is 0 Å². The maximum atomic E-state index is 12.8. The smallest absolute Gasteiger partial charge is 0.273 e.